The number of carbonyl (C=O) groups is 1. The summed E-state index contributed by atoms with van der Waals surface area (Å²) in [5.41, 5.74) is 1.07. The van der Waals surface area contributed by atoms with E-state index in [0.29, 0.717) is 24.3 Å². The van der Waals surface area contributed by atoms with Gasteiger partial charge in [-0.15, -0.1) is 0 Å². The topological polar surface area (TPSA) is 41.5 Å². The second kappa shape index (κ2) is 9.81. The van der Waals surface area contributed by atoms with Crippen LogP contribution in [0.2, 0.25) is 0 Å². The molecule has 0 unspecified atom stereocenters. The molecule has 1 rings (SSSR count). The van der Waals surface area contributed by atoms with Crippen molar-refractivity contribution in [1.29, 1.82) is 0 Å². The predicted molar refractivity (Wildman–Crippen MR) is 95.2 cm³/mol. The van der Waals surface area contributed by atoms with Crippen LogP contribution in [0.3, 0.4) is 0 Å². The summed E-state index contributed by atoms with van der Waals surface area (Å²) in [6.07, 6.45) is 8.36. The number of hydrogen-bond donors (Lipinski definition) is 1. The molecule has 3 atom stereocenters. The Kier molecular flexibility index (Phi) is 8.44. The summed E-state index contributed by atoms with van der Waals surface area (Å²) < 4.78 is 0. The van der Waals surface area contributed by atoms with Crippen LogP contribution in [0.15, 0.2) is 17.1 Å². The minimum absolute atomic E-state index is 0.192. The summed E-state index contributed by atoms with van der Waals surface area (Å²) in [4.78, 5) is 17.0. The molecular formula is C19H34N2O. The van der Waals surface area contributed by atoms with E-state index in [0.717, 1.165) is 25.1 Å². The van der Waals surface area contributed by atoms with Crippen molar-refractivity contribution >= 4 is 11.6 Å². The van der Waals surface area contributed by atoms with Gasteiger partial charge in [-0.05, 0) is 50.5 Å². The van der Waals surface area contributed by atoms with Gasteiger partial charge in [0.1, 0.15) is 0 Å². The molecule has 1 N–H and O–H groups in total. The molecule has 1 aliphatic rings. The lowest BCUT2D eigenvalue weighted by Gasteiger charge is -2.36. The van der Waals surface area contributed by atoms with E-state index in [1.54, 1.807) is 0 Å². The molecule has 1 saturated carbocycles. The lowest BCUT2D eigenvalue weighted by molar-refractivity contribution is -0.129. The van der Waals surface area contributed by atoms with Crippen LogP contribution >= 0.6 is 0 Å². The number of rotatable bonds is 7. The van der Waals surface area contributed by atoms with Gasteiger partial charge in [-0.3, -0.25) is 9.79 Å². The summed E-state index contributed by atoms with van der Waals surface area (Å²) in [7, 11) is 0. The monoisotopic (exact) mass is 306 g/mol. The highest BCUT2D eigenvalue weighted by Crippen LogP contribution is 2.38. The van der Waals surface area contributed by atoms with Crippen LogP contribution in [0.25, 0.3) is 0 Å². The van der Waals surface area contributed by atoms with Gasteiger partial charge in [-0.2, -0.15) is 0 Å². The smallest absolute Gasteiger partial charge is 0.223 e. The third-order valence-electron chi connectivity index (χ3n) is 4.76. The Bertz CT molecular complexity index is 398. The molecule has 0 bridgehead atoms. The molecule has 3 nitrogen and oxygen atoms in total. The van der Waals surface area contributed by atoms with E-state index >= 15 is 0 Å². The Labute approximate surface area is 136 Å². The molecule has 0 heterocycles. The first-order chi connectivity index (χ1) is 10.5. The minimum atomic E-state index is 0.192. The average Bonchev–Trinajstić information content (AvgIpc) is 2.47. The quantitative estimate of drug-likeness (QED) is 0.702. The second-order valence-corrected chi connectivity index (χ2v) is 6.94. The first kappa shape index (κ1) is 18.9. The van der Waals surface area contributed by atoms with Crippen LogP contribution in [0.5, 0.6) is 0 Å². The van der Waals surface area contributed by atoms with Crippen LogP contribution < -0.4 is 5.32 Å². The number of amides is 1. The van der Waals surface area contributed by atoms with Gasteiger partial charge in [-0.1, -0.05) is 33.3 Å². The van der Waals surface area contributed by atoms with Crippen LogP contribution in [-0.4, -0.2) is 24.7 Å². The Morgan fingerprint density at radius 2 is 2.09 bits per heavy atom. The lowest BCUT2D eigenvalue weighted by Crippen LogP contribution is -2.40. The zero-order valence-corrected chi connectivity index (χ0v) is 15.1. The van der Waals surface area contributed by atoms with Crippen LogP contribution in [-0.2, 0) is 4.79 Å². The van der Waals surface area contributed by atoms with Gasteiger partial charge in [-0.25, -0.2) is 0 Å². The number of hydrogen-bond acceptors (Lipinski definition) is 2. The molecule has 0 aromatic heterocycles. The van der Waals surface area contributed by atoms with Crippen molar-refractivity contribution in [2.45, 2.75) is 60.3 Å². The molecule has 0 aromatic carbocycles. The summed E-state index contributed by atoms with van der Waals surface area (Å²) in [5, 5.41) is 3.15. The summed E-state index contributed by atoms with van der Waals surface area (Å²) in [6.45, 7) is 12.3. The average molecular weight is 306 g/mol. The van der Waals surface area contributed by atoms with Crippen molar-refractivity contribution < 1.29 is 4.79 Å². The number of allylic oxidation sites excluding steroid dienone is 2. The van der Waals surface area contributed by atoms with Crippen LogP contribution in [0.1, 0.15) is 60.3 Å². The molecule has 0 saturated heterocycles. The van der Waals surface area contributed by atoms with E-state index in [4.69, 9.17) is 0 Å². The van der Waals surface area contributed by atoms with Crippen molar-refractivity contribution in [1.82, 2.24) is 5.32 Å². The fraction of sp³-hybridized carbons (Fsp3) is 0.789. The number of carbonyl (C=O) groups excluding carboxylic acids is 1. The van der Waals surface area contributed by atoms with E-state index in [2.05, 4.69) is 31.1 Å². The largest absolute Gasteiger partial charge is 0.355 e. The second-order valence-electron chi connectivity index (χ2n) is 6.94. The molecule has 22 heavy (non-hydrogen) atoms. The van der Waals surface area contributed by atoms with Crippen molar-refractivity contribution in [3.63, 3.8) is 0 Å². The Hall–Kier alpha value is -1.12. The lowest BCUT2D eigenvalue weighted by atomic mass is 9.70. The predicted octanol–water partition coefficient (Wildman–Crippen LogP) is 4.24. The Balaban J connectivity index is 2.53. The third-order valence-corrected chi connectivity index (χ3v) is 4.76. The zero-order valence-electron chi connectivity index (χ0n) is 15.1. The van der Waals surface area contributed by atoms with Crippen molar-refractivity contribution in [3.8, 4) is 0 Å². The molecule has 0 spiro atoms. The van der Waals surface area contributed by atoms with E-state index in [-0.39, 0.29) is 11.8 Å². The van der Waals surface area contributed by atoms with Crippen LogP contribution in [0.4, 0.5) is 0 Å². The van der Waals surface area contributed by atoms with Crippen molar-refractivity contribution in [2.75, 3.05) is 13.1 Å². The molecule has 1 aliphatic carbocycles. The highest BCUT2D eigenvalue weighted by Gasteiger charge is 2.35. The van der Waals surface area contributed by atoms with Gasteiger partial charge in [0.15, 0.2) is 0 Å². The minimum Gasteiger partial charge on any atom is -0.355 e. The van der Waals surface area contributed by atoms with Crippen LogP contribution in [0, 0.1) is 23.7 Å². The first-order valence-corrected chi connectivity index (χ1v) is 8.93. The molecule has 1 fully saturated rings. The molecule has 0 radical (unpaired) electrons. The van der Waals surface area contributed by atoms with Crippen molar-refractivity contribution in [2.24, 2.45) is 28.7 Å². The summed E-state index contributed by atoms with van der Waals surface area (Å²) in [6, 6.07) is 0. The number of aliphatic imine (C=N–C) groups is 1. The van der Waals surface area contributed by atoms with Gasteiger partial charge in [0.25, 0.3) is 0 Å². The fourth-order valence-electron chi connectivity index (χ4n) is 3.56. The number of nitrogens with one attached hydrogen (secondary N) is 1. The molecule has 0 aliphatic heterocycles. The van der Waals surface area contributed by atoms with E-state index in [1.807, 2.05) is 26.0 Å². The van der Waals surface area contributed by atoms with E-state index in [1.165, 1.54) is 12.8 Å². The Morgan fingerprint density at radius 3 is 2.68 bits per heavy atom. The van der Waals surface area contributed by atoms with Gasteiger partial charge in [0.2, 0.25) is 5.91 Å². The molecule has 0 aromatic rings. The normalized spacial score (nSPS) is 26.6. The molecule has 1 amide bonds. The van der Waals surface area contributed by atoms with E-state index in [9.17, 15) is 4.79 Å². The number of nitrogens with zero attached hydrogens (tertiary/aromatic N) is 1. The summed E-state index contributed by atoms with van der Waals surface area (Å²) >= 11 is 0. The van der Waals surface area contributed by atoms with Gasteiger partial charge < -0.3 is 5.32 Å². The molecule has 126 valence electrons. The molecular weight excluding hydrogens is 272 g/mol. The Morgan fingerprint density at radius 1 is 1.36 bits per heavy atom. The van der Waals surface area contributed by atoms with Crippen molar-refractivity contribution in [3.05, 3.63) is 12.2 Å². The maximum Gasteiger partial charge on any atom is 0.223 e. The highest BCUT2D eigenvalue weighted by molar-refractivity contribution is 5.95. The van der Waals surface area contributed by atoms with E-state index < -0.39 is 0 Å². The van der Waals surface area contributed by atoms with Gasteiger partial charge in [0, 0.05) is 31.1 Å². The summed E-state index contributed by atoms with van der Waals surface area (Å²) in [5.74, 6) is 2.24. The zero-order chi connectivity index (χ0) is 16.5. The van der Waals surface area contributed by atoms with Gasteiger partial charge >= 0.3 is 0 Å². The highest BCUT2D eigenvalue weighted by atomic mass is 16.1. The molecule has 3 heteroatoms. The maximum absolute atomic E-state index is 12.6. The standard InChI is InChI=1S/C19H34N2O/c1-6-8-16(20-7-2)11-12-21-19(22)18-13-15(5)9-10-17(18)14(3)4/h6,8,14-15,17-18H,7,9-13H2,1-5H3,(H,21,22)/b8-6-,20-16?/t15-,17+,18-/m1/s1. The maximum atomic E-state index is 12.6. The first-order valence-electron chi connectivity index (χ1n) is 8.93. The van der Waals surface area contributed by atoms with Gasteiger partial charge in [0.05, 0.1) is 0 Å². The fourth-order valence-corrected chi connectivity index (χ4v) is 3.56. The third kappa shape index (κ3) is 5.94. The SMILES string of the molecule is C/C=C\C(CCNC(=O)[C@@H]1C[C@H](C)CC[C@H]1C(C)C)=NCC.